The van der Waals surface area contributed by atoms with E-state index >= 15 is 0 Å². The number of para-hydroxylation sites is 2. The van der Waals surface area contributed by atoms with Crippen molar-refractivity contribution in [3.63, 3.8) is 0 Å². The molecular weight excluding hydrogens is 789 g/mol. The van der Waals surface area contributed by atoms with E-state index < -0.39 is 31.1 Å². The molecule has 4 atom stereocenters. The van der Waals surface area contributed by atoms with Crippen LogP contribution in [0, 0.1) is 13.8 Å². The molecule has 0 bridgehead atoms. The molecule has 10 heteroatoms. The highest BCUT2D eigenvalue weighted by molar-refractivity contribution is 7.93. The van der Waals surface area contributed by atoms with Crippen molar-refractivity contribution in [2.24, 2.45) is 0 Å². The summed E-state index contributed by atoms with van der Waals surface area (Å²) in [6.45, 7) is 3.86. The van der Waals surface area contributed by atoms with Gasteiger partial charge in [-0.1, -0.05) is 132 Å². The van der Waals surface area contributed by atoms with E-state index in [0.29, 0.717) is 11.4 Å². The molecule has 0 saturated carbocycles. The molecule has 0 aromatic heterocycles. The van der Waals surface area contributed by atoms with Gasteiger partial charge >= 0.3 is 0 Å². The third kappa shape index (κ3) is 6.08. The van der Waals surface area contributed by atoms with Gasteiger partial charge in [0.2, 0.25) is 0 Å². The van der Waals surface area contributed by atoms with Crippen LogP contribution in [-0.2, 0) is 40.7 Å². The van der Waals surface area contributed by atoms with Gasteiger partial charge in [0.1, 0.15) is 11.1 Å². The Hall–Kier alpha value is -6.36. The largest absolute Gasteiger partial charge is 0.295 e. The predicted octanol–water partition coefficient (Wildman–Crippen LogP) is 9.42. The van der Waals surface area contributed by atoms with Crippen LogP contribution in [0.15, 0.2) is 192 Å². The minimum atomic E-state index is -3.89. The van der Waals surface area contributed by atoms with Crippen LogP contribution < -0.4 is 8.61 Å². The topological polar surface area (TPSA) is 109 Å². The summed E-state index contributed by atoms with van der Waals surface area (Å²) in [6, 6.07) is 48.1. The van der Waals surface area contributed by atoms with Crippen molar-refractivity contribution in [3.05, 3.63) is 215 Å². The summed E-state index contributed by atoms with van der Waals surface area (Å²) in [7, 11) is -7.79. The molecule has 6 aromatic carbocycles. The number of ketones is 2. The first-order valence-corrected chi connectivity index (χ1v) is 22.7. The van der Waals surface area contributed by atoms with Crippen LogP contribution in [0.1, 0.15) is 58.1 Å². The van der Waals surface area contributed by atoms with Crippen LogP contribution >= 0.6 is 0 Å². The molecule has 6 aromatic rings. The highest BCUT2D eigenvalue weighted by atomic mass is 32.2. The van der Waals surface area contributed by atoms with E-state index in [4.69, 9.17) is 0 Å². The molecule has 0 N–H and O–H groups in total. The Kier molecular flexibility index (Phi) is 9.60. The van der Waals surface area contributed by atoms with E-state index in [1.165, 1.54) is 20.8 Å². The Morgan fingerprint density at radius 1 is 0.450 bits per heavy atom. The molecule has 60 heavy (non-hydrogen) atoms. The normalized spacial score (nSPS) is 22.6. The lowest BCUT2D eigenvalue weighted by Gasteiger charge is -2.42. The van der Waals surface area contributed by atoms with Crippen molar-refractivity contribution in [3.8, 4) is 0 Å². The standard InChI is InChI=1S/2C25H21NO3S/c2*1-18-11-13-21(14-12-18)30(28,29)26-24-10-6-5-9-22(24)23-17-20(27)15-16-25(23,26)19-7-3-2-4-8-19/h2*2-16,23H,17H2,1H3/t2*23-,25+/m11/s1. The van der Waals surface area contributed by atoms with Gasteiger partial charge in [-0.25, -0.2) is 16.8 Å². The number of hydrogen-bond donors (Lipinski definition) is 0. The lowest BCUT2D eigenvalue weighted by atomic mass is 9.72. The summed E-state index contributed by atoms with van der Waals surface area (Å²) >= 11 is 0. The second-order valence-electron chi connectivity index (χ2n) is 15.8. The fourth-order valence-corrected chi connectivity index (χ4v) is 13.1. The van der Waals surface area contributed by atoms with Crippen molar-refractivity contribution in [2.45, 2.75) is 59.4 Å². The van der Waals surface area contributed by atoms with E-state index in [2.05, 4.69) is 0 Å². The maximum absolute atomic E-state index is 14.0. The first kappa shape index (κ1) is 39.1. The zero-order chi connectivity index (χ0) is 41.9. The average molecular weight is 831 g/mol. The Labute approximate surface area is 351 Å². The Morgan fingerprint density at radius 3 is 1.15 bits per heavy atom. The van der Waals surface area contributed by atoms with Crippen LogP contribution in [0.25, 0.3) is 0 Å². The van der Waals surface area contributed by atoms with Gasteiger partial charge in [0.25, 0.3) is 20.0 Å². The van der Waals surface area contributed by atoms with Crippen molar-refractivity contribution < 1.29 is 26.4 Å². The van der Waals surface area contributed by atoms with Gasteiger partial charge in [-0.15, -0.1) is 0 Å². The summed E-state index contributed by atoms with van der Waals surface area (Å²) in [4.78, 5) is 25.3. The Bertz CT molecular complexity index is 2730. The zero-order valence-electron chi connectivity index (χ0n) is 33.0. The number of aryl methyl sites for hydroxylation is 2. The highest BCUT2D eigenvalue weighted by Gasteiger charge is 2.59. The molecule has 0 fully saturated rings. The molecule has 2 heterocycles. The van der Waals surface area contributed by atoms with E-state index in [1.54, 1.807) is 36.4 Å². The maximum atomic E-state index is 14.0. The van der Waals surface area contributed by atoms with Crippen LogP contribution in [0.5, 0.6) is 0 Å². The van der Waals surface area contributed by atoms with Crippen molar-refractivity contribution in [2.75, 3.05) is 8.61 Å². The Morgan fingerprint density at radius 2 is 0.783 bits per heavy atom. The van der Waals surface area contributed by atoms with Gasteiger partial charge in [-0.2, -0.15) is 0 Å². The van der Waals surface area contributed by atoms with Crippen LogP contribution in [0.3, 0.4) is 0 Å². The molecule has 10 rings (SSSR count). The molecule has 300 valence electrons. The number of fused-ring (bicyclic) bond motifs is 6. The van der Waals surface area contributed by atoms with Crippen LogP contribution in [0.4, 0.5) is 11.4 Å². The van der Waals surface area contributed by atoms with Gasteiger partial charge in [0, 0.05) is 24.7 Å². The van der Waals surface area contributed by atoms with Crippen molar-refractivity contribution in [1.29, 1.82) is 0 Å². The molecular formula is C50H42N2O6S2. The second kappa shape index (κ2) is 14.7. The van der Waals surface area contributed by atoms with Gasteiger partial charge in [-0.05, 0) is 96.8 Å². The fraction of sp³-hybridized carbons (Fsp3) is 0.160. The number of sulfonamides is 2. The first-order valence-electron chi connectivity index (χ1n) is 19.9. The summed E-state index contributed by atoms with van der Waals surface area (Å²) in [5.41, 5.74) is 4.76. The lowest BCUT2D eigenvalue weighted by molar-refractivity contribution is -0.116. The second-order valence-corrected chi connectivity index (χ2v) is 19.4. The van der Waals surface area contributed by atoms with E-state index in [1.807, 2.05) is 147 Å². The molecule has 0 saturated heterocycles. The first-order chi connectivity index (χ1) is 28.9. The van der Waals surface area contributed by atoms with Crippen molar-refractivity contribution in [1.82, 2.24) is 0 Å². The summed E-state index contributed by atoms with van der Waals surface area (Å²) in [5.74, 6) is -0.547. The van der Waals surface area contributed by atoms with Crippen LogP contribution in [-0.4, -0.2) is 28.4 Å². The van der Waals surface area contributed by atoms with E-state index in [9.17, 15) is 26.4 Å². The minimum Gasteiger partial charge on any atom is -0.295 e. The lowest BCUT2D eigenvalue weighted by Crippen LogP contribution is -2.49. The van der Waals surface area contributed by atoms with Gasteiger partial charge in [0.15, 0.2) is 11.6 Å². The zero-order valence-corrected chi connectivity index (χ0v) is 34.7. The average Bonchev–Trinajstić information content (AvgIpc) is 3.74. The number of carbonyl (C=O) groups excluding carboxylic acids is 2. The molecule has 0 spiro atoms. The fourth-order valence-electron chi connectivity index (χ4n) is 9.49. The third-order valence-corrected chi connectivity index (χ3v) is 15.9. The monoisotopic (exact) mass is 830 g/mol. The third-order valence-electron chi connectivity index (χ3n) is 12.2. The summed E-state index contributed by atoms with van der Waals surface area (Å²) in [5, 5.41) is 0. The molecule has 2 aliphatic heterocycles. The number of hydrogen-bond acceptors (Lipinski definition) is 6. The van der Waals surface area contributed by atoms with Crippen LogP contribution in [0.2, 0.25) is 0 Å². The van der Waals surface area contributed by atoms with Gasteiger partial charge in [0.05, 0.1) is 21.2 Å². The molecule has 0 radical (unpaired) electrons. The molecule has 0 unspecified atom stereocenters. The summed E-state index contributed by atoms with van der Waals surface area (Å²) < 4.78 is 59.2. The molecule has 0 amide bonds. The van der Waals surface area contributed by atoms with Crippen molar-refractivity contribution >= 4 is 43.0 Å². The number of rotatable bonds is 6. The number of carbonyl (C=O) groups is 2. The number of allylic oxidation sites excluding steroid dienone is 2. The SMILES string of the molecule is Cc1ccc(S(=O)(=O)N2c3ccccc3[C@H]3CC(=O)C=C[C@]32c2ccccc2)cc1.Cc1ccc(S(=O)(=O)N2c3ccccc3[C@H]3CC(=O)C=C[C@]32c2ccccc2)cc1. The smallest absolute Gasteiger partial charge is 0.265 e. The molecule has 2 aliphatic carbocycles. The van der Waals surface area contributed by atoms with E-state index in [0.717, 1.165) is 33.4 Å². The number of nitrogens with zero attached hydrogens (tertiary/aromatic N) is 2. The highest BCUT2D eigenvalue weighted by Crippen LogP contribution is 2.60. The minimum absolute atomic E-state index is 0.0101. The van der Waals surface area contributed by atoms with Gasteiger partial charge < -0.3 is 0 Å². The maximum Gasteiger partial charge on any atom is 0.265 e. The molecule has 8 nitrogen and oxygen atoms in total. The number of anilines is 2. The van der Waals surface area contributed by atoms with E-state index in [-0.39, 0.29) is 46.0 Å². The summed E-state index contributed by atoms with van der Waals surface area (Å²) in [6.07, 6.45) is 7.17. The predicted molar refractivity (Wildman–Crippen MR) is 234 cm³/mol. The molecule has 4 aliphatic rings. The Balaban J connectivity index is 0.000000154. The quantitative estimate of drug-likeness (QED) is 0.166. The van der Waals surface area contributed by atoms with Gasteiger partial charge in [-0.3, -0.25) is 18.2 Å². The number of benzene rings is 6.